The van der Waals surface area contributed by atoms with Gasteiger partial charge in [0, 0.05) is 45.0 Å². The summed E-state index contributed by atoms with van der Waals surface area (Å²) in [5, 5.41) is 8.83. The Kier molecular flexibility index (Phi) is 4.43. The highest BCUT2D eigenvalue weighted by atomic mass is 16.5. The van der Waals surface area contributed by atoms with E-state index < -0.39 is 0 Å². The summed E-state index contributed by atoms with van der Waals surface area (Å²) in [5.74, 6) is 1.80. The average Bonchev–Trinajstić information content (AvgIpc) is 3.33. The van der Waals surface area contributed by atoms with E-state index in [2.05, 4.69) is 57.7 Å². The molecule has 1 saturated heterocycles. The number of aromatic amines is 1. The molecule has 2 N–H and O–H groups in total. The number of nitrogens with one attached hydrogen (secondary N) is 2. The maximum Gasteiger partial charge on any atom is 0.258 e. The first-order valence-corrected chi connectivity index (χ1v) is 10.2. The number of hydrogen-bond donors (Lipinski definition) is 2. The quantitative estimate of drug-likeness (QED) is 0.534. The summed E-state index contributed by atoms with van der Waals surface area (Å²) in [7, 11) is 0. The summed E-state index contributed by atoms with van der Waals surface area (Å²) in [4.78, 5) is 12.8. The second-order valence-corrected chi connectivity index (χ2v) is 8.01. The number of aryl methyl sites for hydroxylation is 3. The van der Waals surface area contributed by atoms with Crippen LogP contribution in [0.2, 0.25) is 0 Å². The monoisotopic (exact) mass is 387 g/mol. The van der Waals surface area contributed by atoms with Crippen molar-refractivity contribution in [3.8, 4) is 22.7 Å². The summed E-state index contributed by atoms with van der Waals surface area (Å²) < 4.78 is 5.60. The third-order valence-electron chi connectivity index (χ3n) is 5.82. The molecule has 0 amide bonds. The number of aromatic nitrogens is 4. The standard InChI is InChI=1S/C23H25N5O/c1-13-10-18(11-14(2)25-13)21-15(3)19-5-4-17(12-20(19)26-21)23-27-22(28-29-23)16-6-8-24-9-7-16/h4-5,10-12,16,24,26H,6-9H2,1-3H3. The number of fused-ring (bicyclic) bond motifs is 1. The molecule has 5 rings (SSSR count). The Morgan fingerprint density at radius 2 is 1.69 bits per heavy atom. The van der Waals surface area contributed by atoms with Crippen LogP contribution in [0.5, 0.6) is 0 Å². The van der Waals surface area contributed by atoms with Crippen LogP contribution in [-0.2, 0) is 0 Å². The zero-order valence-electron chi connectivity index (χ0n) is 17.0. The molecule has 0 bridgehead atoms. The SMILES string of the molecule is Cc1cc(-c2[nH]c3cc(-c4nc(C5CCNCC5)no4)ccc3c2C)cc(C)n1. The number of H-pyrrole nitrogens is 1. The zero-order valence-corrected chi connectivity index (χ0v) is 17.0. The Morgan fingerprint density at radius 1 is 0.931 bits per heavy atom. The number of benzene rings is 1. The Labute approximate surface area is 169 Å². The maximum atomic E-state index is 5.60. The molecule has 6 nitrogen and oxygen atoms in total. The van der Waals surface area contributed by atoms with Crippen molar-refractivity contribution < 1.29 is 4.52 Å². The van der Waals surface area contributed by atoms with Gasteiger partial charge < -0.3 is 14.8 Å². The number of piperidine rings is 1. The molecule has 148 valence electrons. The molecule has 1 fully saturated rings. The van der Waals surface area contributed by atoms with Gasteiger partial charge in [0.2, 0.25) is 0 Å². The highest BCUT2D eigenvalue weighted by molar-refractivity contribution is 5.92. The Balaban J connectivity index is 1.52. The molecular weight excluding hydrogens is 362 g/mol. The number of nitrogens with zero attached hydrogens (tertiary/aromatic N) is 3. The van der Waals surface area contributed by atoms with Crippen LogP contribution in [0.15, 0.2) is 34.9 Å². The zero-order chi connectivity index (χ0) is 20.0. The van der Waals surface area contributed by atoms with E-state index in [-0.39, 0.29) is 0 Å². The molecule has 1 aromatic carbocycles. The van der Waals surface area contributed by atoms with E-state index in [1.807, 2.05) is 13.8 Å². The largest absolute Gasteiger partial charge is 0.354 e. The van der Waals surface area contributed by atoms with Crippen LogP contribution in [0, 0.1) is 20.8 Å². The van der Waals surface area contributed by atoms with Crippen molar-refractivity contribution in [1.29, 1.82) is 0 Å². The molecule has 0 aliphatic carbocycles. The summed E-state index contributed by atoms with van der Waals surface area (Å²) >= 11 is 0. The van der Waals surface area contributed by atoms with Gasteiger partial charge in [-0.15, -0.1) is 0 Å². The summed E-state index contributed by atoms with van der Waals surface area (Å²) in [6.45, 7) is 8.24. The molecule has 0 radical (unpaired) electrons. The number of rotatable bonds is 3. The van der Waals surface area contributed by atoms with Gasteiger partial charge in [-0.1, -0.05) is 11.2 Å². The van der Waals surface area contributed by atoms with Crippen LogP contribution in [0.1, 0.15) is 41.5 Å². The molecule has 1 aliphatic heterocycles. The van der Waals surface area contributed by atoms with Crippen LogP contribution < -0.4 is 5.32 Å². The minimum absolute atomic E-state index is 0.384. The fraction of sp³-hybridized carbons (Fsp3) is 0.348. The minimum atomic E-state index is 0.384. The van der Waals surface area contributed by atoms with Crippen LogP contribution in [-0.4, -0.2) is 33.2 Å². The van der Waals surface area contributed by atoms with Gasteiger partial charge in [0.1, 0.15) is 0 Å². The van der Waals surface area contributed by atoms with Gasteiger partial charge in [0.05, 0.1) is 0 Å². The van der Waals surface area contributed by atoms with Crippen LogP contribution in [0.3, 0.4) is 0 Å². The molecule has 3 aromatic heterocycles. The van der Waals surface area contributed by atoms with E-state index in [9.17, 15) is 0 Å². The van der Waals surface area contributed by atoms with Crippen molar-refractivity contribution >= 4 is 10.9 Å². The first kappa shape index (κ1) is 18.1. The van der Waals surface area contributed by atoms with Gasteiger partial charge in [0.25, 0.3) is 5.89 Å². The summed E-state index contributed by atoms with van der Waals surface area (Å²) in [6, 6.07) is 10.5. The molecule has 0 saturated carbocycles. The molecule has 4 heterocycles. The lowest BCUT2D eigenvalue weighted by Crippen LogP contribution is -2.27. The predicted octanol–water partition coefficient (Wildman–Crippen LogP) is 4.67. The molecule has 1 aliphatic rings. The second-order valence-electron chi connectivity index (χ2n) is 8.01. The van der Waals surface area contributed by atoms with Gasteiger partial charge in [-0.2, -0.15) is 4.98 Å². The van der Waals surface area contributed by atoms with Crippen molar-refractivity contribution in [2.45, 2.75) is 39.5 Å². The fourth-order valence-electron chi connectivity index (χ4n) is 4.34. The molecule has 29 heavy (non-hydrogen) atoms. The van der Waals surface area contributed by atoms with E-state index in [4.69, 9.17) is 9.51 Å². The van der Waals surface area contributed by atoms with E-state index in [0.29, 0.717) is 11.8 Å². The second kappa shape index (κ2) is 7.12. The molecule has 0 atom stereocenters. The topological polar surface area (TPSA) is 79.6 Å². The van der Waals surface area contributed by atoms with E-state index >= 15 is 0 Å². The van der Waals surface area contributed by atoms with Crippen molar-refractivity contribution in [2.24, 2.45) is 0 Å². The lowest BCUT2D eigenvalue weighted by Gasteiger charge is -2.18. The summed E-state index contributed by atoms with van der Waals surface area (Å²) in [5.41, 5.74) is 7.59. The van der Waals surface area contributed by atoms with E-state index in [0.717, 1.165) is 65.5 Å². The molecular formula is C23H25N5O. The van der Waals surface area contributed by atoms with E-state index in [1.54, 1.807) is 0 Å². The fourth-order valence-corrected chi connectivity index (χ4v) is 4.34. The van der Waals surface area contributed by atoms with Crippen molar-refractivity contribution in [1.82, 2.24) is 25.4 Å². The Morgan fingerprint density at radius 3 is 2.45 bits per heavy atom. The highest BCUT2D eigenvalue weighted by Gasteiger charge is 2.21. The molecule has 6 heteroatoms. The lowest BCUT2D eigenvalue weighted by molar-refractivity contribution is 0.392. The van der Waals surface area contributed by atoms with Gasteiger partial charge >= 0.3 is 0 Å². The molecule has 4 aromatic rings. The minimum Gasteiger partial charge on any atom is -0.354 e. The maximum absolute atomic E-state index is 5.60. The van der Waals surface area contributed by atoms with Crippen molar-refractivity contribution in [2.75, 3.05) is 13.1 Å². The van der Waals surface area contributed by atoms with Gasteiger partial charge in [-0.3, -0.25) is 4.98 Å². The smallest absolute Gasteiger partial charge is 0.258 e. The van der Waals surface area contributed by atoms with Gasteiger partial charge in [0.15, 0.2) is 5.82 Å². The van der Waals surface area contributed by atoms with Gasteiger partial charge in [-0.05, 0) is 76.5 Å². The third-order valence-corrected chi connectivity index (χ3v) is 5.82. The third kappa shape index (κ3) is 3.34. The van der Waals surface area contributed by atoms with E-state index in [1.165, 1.54) is 10.9 Å². The first-order chi connectivity index (χ1) is 14.1. The first-order valence-electron chi connectivity index (χ1n) is 10.2. The summed E-state index contributed by atoms with van der Waals surface area (Å²) in [6.07, 6.45) is 2.11. The Bertz CT molecular complexity index is 1160. The highest BCUT2D eigenvalue weighted by Crippen LogP contribution is 2.33. The van der Waals surface area contributed by atoms with Gasteiger partial charge in [-0.25, -0.2) is 0 Å². The Hall–Kier alpha value is -2.99. The predicted molar refractivity (Wildman–Crippen MR) is 114 cm³/mol. The molecule has 0 unspecified atom stereocenters. The van der Waals surface area contributed by atoms with Crippen molar-refractivity contribution in [3.05, 3.63) is 53.1 Å². The number of hydrogen-bond acceptors (Lipinski definition) is 5. The normalized spacial score (nSPS) is 15.3. The van der Waals surface area contributed by atoms with Crippen LogP contribution in [0.4, 0.5) is 0 Å². The lowest BCUT2D eigenvalue weighted by atomic mass is 9.98. The van der Waals surface area contributed by atoms with Crippen LogP contribution >= 0.6 is 0 Å². The molecule has 0 spiro atoms. The van der Waals surface area contributed by atoms with Crippen molar-refractivity contribution in [3.63, 3.8) is 0 Å². The number of pyridine rings is 1. The average molecular weight is 387 g/mol. The van der Waals surface area contributed by atoms with Crippen LogP contribution in [0.25, 0.3) is 33.6 Å².